The summed E-state index contributed by atoms with van der Waals surface area (Å²) in [4.78, 5) is 14.4. The highest BCUT2D eigenvalue weighted by Gasteiger charge is 2.34. The summed E-state index contributed by atoms with van der Waals surface area (Å²) in [6.07, 6.45) is -3.47. The maximum Gasteiger partial charge on any atom is 0.443 e. The van der Waals surface area contributed by atoms with Crippen LogP contribution in [0.25, 0.3) is 10.4 Å². The van der Waals surface area contributed by atoms with E-state index < -0.39 is 17.2 Å². The number of alkyl halides is 3. The second-order valence-corrected chi connectivity index (χ2v) is 4.78. The topological polar surface area (TPSA) is 59.4 Å². The van der Waals surface area contributed by atoms with E-state index in [1.807, 2.05) is 0 Å². The molecule has 1 aromatic carbocycles. The quantitative estimate of drug-likeness (QED) is 0.942. The Morgan fingerprint density at radius 3 is 2.60 bits per heavy atom. The van der Waals surface area contributed by atoms with Crippen LogP contribution in [0.15, 0.2) is 24.4 Å². The average Bonchev–Trinajstić information content (AvgIpc) is 2.87. The molecule has 1 aromatic heterocycles. The predicted octanol–water partition coefficient (Wildman–Crippen LogP) is 3.54. The Balaban J connectivity index is 2.53. The van der Waals surface area contributed by atoms with Crippen molar-refractivity contribution >= 4 is 17.3 Å². The van der Waals surface area contributed by atoms with Crippen molar-refractivity contribution in [3.05, 3.63) is 35.0 Å². The fourth-order valence-corrected chi connectivity index (χ4v) is 2.37. The number of hydrogen-bond donors (Lipinski definition) is 1. The number of carbonyl (C=O) groups is 1. The number of nitrogens with zero attached hydrogens (tertiary/aromatic N) is 1. The minimum atomic E-state index is -4.53. The summed E-state index contributed by atoms with van der Waals surface area (Å²) in [5.74, 6) is -0.887. The number of thiazole rings is 1. The smallest absolute Gasteiger partial charge is 0.443 e. The number of ether oxygens (including phenoxy) is 1. The fraction of sp³-hybridized carbons (Fsp3) is 0.167. The van der Waals surface area contributed by atoms with E-state index in [9.17, 15) is 18.0 Å². The van der Waals surface area contributed by atoms with Crippen LogP contribution < -0.4 is 4.74 Å². The molecule has 20 heavy (non-hydrogen) atoms. The van der Waals surface area contributed by atoms with Gasteiger partial charge in [-0.05, 0) is 18.2 Å². The molecule has 0 aliphatic rings. The molecule has 1 heterocycles. The van der Waals surface area contributed by atoms with Gasteiger partial charge in [0.15, 0.2) is 5.01 Å². The Kier molecular flexibility index (Phi) is 3.67. The number of benzene rings is 1. The number of halogens is 3. The summed E-state index contributed by atoms with van der Waals surface area (Å²) in [6, 6.07) is 3.97. The molecule has 0 fully saturated rings. The first-order valence-electron chi connectivity index (χ1n) is 5.27. The first kappa shape index (κ1) is 14.3. The van der Waals surface area contributed by atoms with Gasteiger partial charge in [-0.25, -0.2) is 9.78 Å². The van der Waals surface area contributed by atoms with Gasteiger partial charge in [-0.15, -0.1) is 11.3 Å². The zero-order chi connectivity index (χ0) is 14.9. The lowest BCUT2D eigenvalue weighted by Gasteiger charge is -2.07. The molecule has 0 aliphatic heterocycles. The number of carboxylic acid groups (broad SMARTS) is 1. The monoisotopic (exact) mass is 303 g/mol. The van der Waals surface area contributed by atoms with Crippen molar-refractivity contribution in [3.8, 4) is 16.2 Å². The molecule has 0 bridgehead atoms. The molecule has 0 radical (unpaired) electrons. The Bertz CT molecular complexity index is 652. The predicted molar refractivity (Wildman–Crippen MR) is 66.1 cm³/mol. The molecule has 0 amide bonds. The lowest BCUT2D eigenvalue weighted by Crippen LogP contribution is -2.02. The minimum absolute atomic E-state index is 0.0391. The van der Waals surface area contributed by atoms with Gasteiger partial charge in [-0.3, -0.25) is 0 Å². The van der Waals surface area contributed by atoms with Crippen LogP contribution in [0.4, 0.5) is 13.2 Å². The van der Waals surface area contributed by atoms with Crippen molar-refractivity contribution < 1.29 is 27.8 Å². The largest absolute Gasteiger partial charge is 0.496 e. The summed E-state index contributed by atoms with van der Waals surface area (Å²) < 4.78 is 42.6. The highest BCUT2D eigenvalue weighted by atomic mass is 32.1. The maximum atomic E-state index is 12.5. The summed E-state index contributed by atoms with van der Waals surface area (Å²) >= 11 is 0.434. The van der Waals surface area contributed by atoms with Gasteiger partial charge in [0, 0.05) is 11.8 Å². The van der Waals surface area contributed by atoms with Crippen molar-refractivity contribution in [3.63, 3.8) is 0 Å². The molecule has 106 valence electrons. The van der Waals surface area contributed by atoms with Crippen LogP contribution in [-0.2, 0) is 6.18 Å². The highest BCUT2D eigenvalue weighted by Crippen LogP contribution is 2.39. The van der Waals surface area contributed by atoms with Crippen LogP contribution in [0, 0.1) is 0 Å². The van der Waals surface area contributed by atoms with Crippen LogP contribution in [-0.4, -0.2) is 23.2 Å². The van der Waals surface area contributed by atoms with Crippen molar-refractivity contribution in [2.75, 3.05) is 7.11 Å². The van der Waals surface area contributed by atoms with Gasteiger partial charge in [0.1, 0.15) is 5.75 Å². The van der Waals surface area contributed by atoms with Crippen molar-refractivity contribution in [2.24, 2.45) is 0 Å². The van der Waals surface area contributed by atoms with Crippen molar-refractivity contribution in [1.29, 1.82) is 0 Å². The van der Waals surface area contributed by atoms with E-state index in [2.05, 4.69) is 4.98 Å². The maximum absolute atomic E-state index is 12.5. The summed E-state index contributed by atoms with van der Waals surface area (Å²) in [7, 11) is 1.35. The normalized spacial score (nSPS) is 11.4. The fourth-order valence-electron chi connectivity index (χ4n) is 1.56. The van der Waals surface area contributed by atoms with Crippen LogP contribution >= 0.6 is 11.3 Å². The second-order valence-electron chi connectivity index (χ2n) is 3.75. The van der Waals surface area contributed by atoms with Gasteiger partial charge in [-0.1, -0.05) is 0 Å². The molecule has 1 N–H and O–H groups in total. The molecule has 4 nitrogen and oxygen atoms in total. The lowest BCUT2D eigenvalue weighted by atomic mass is 10.1. The SMILES string of the molecule is COc1ccc(C(=O)O)cc1-c1cnc(C(F)(F)F)s1. The Morgan fingerprint density at radius 2 is 2.10 bits per heavy atom. The van der Waals surface area contributed by atoms with Gasteiger partial charge >= 0.3 is 12.1 Å². The van der Waals surface area contributed by atoms with E-state index in [1.165, 1.54) is 25.3 Å². The molecule has 8 heteroatoms. The zero-order valence-electron chi connectivity index (χ0n) is 10.1. The van der Waals surface area contributed by atoms with Crippen LogP contribution in [0.5, 0.6) is 5.75 Å². The summed E-state index contributed by atoms with van der Waals surface area (Å²) in [5, 5.41) is 7.93. The zero-order valence-corrected chi connectivity index (χ0v) is 10.9. The van der Waals surface area contributed by atoms with Gasteiger partial charge in [0.05, 0.1) is 17.6 Å². The first-order chi connectivity index (χ1) is 9.32. The molecule has 0 unspecified atom stereocenters. The van der Waals surface area contributed by atoms with Gasteiger partial charge < -0.3 is 9.84 Å². The third-order valence-electron chi connectivity index (χ3n) is 2.46. The second kappa shape index (κ2) is 5.12. The number of carboxylic acids is 1. The third kappa shape index (κ3) is 2.74. The molecule has 2 aromatic rings. The molecule has 2 rings (SSSR count). The number of hydrogen-bond acceptors (Lipinski definition) is 4. The molecule has 0 spiro atoms. The van der Waals surface area contributed by atoms with E-state index in [4.69, 9.17) is 9.84 Å². The van der Waals surface area contributed by atoms with Gasteiger partial charge in [0.2, 0.25) is 0 Å². The first-order valence-corrected chi connectivity index (χ1v) is 6.09. The summed E-state index contributed by atoms with van der Waals surface area (Å²) in [5.41, 5.74) is 0.225. The van der Waals surface area contributed by atoms with Gasteiger partial charge in [-0.2, -0.15) is 13.2 Å². The Morgan fingerprint density at radius 1 is 1.40 bits per heavy atom. The number of methoxy groups -OCH3 is 1. The van der Waals surface area contributed by atoms with Crippen LogP contribution in [0.1, 0.15) is 15.4 Å². The van der Waals surface area contributed by atoms with Crippen molar-refractivity contribution in [2.45, 2.75) is 6.18 Å². The van der Waals surface area contributed by atoms with E-state index >= 15 is 0 Å². The Labute approximate surface area is 115 Å². The summed E-state index contributed by atoms with van der Waals surface area (Å²) in [6.45, 7) is 0. The van der Waals surface area contributed by atoms with Gasteiger partial charge in [0.25, 0.3) is 0 Å². The van der Waals surface area contributed by atoms with Crippen molar-refractivity contribution in [1.82, 2.24) is 4.98 Å². The molecule has 0 atom stereocenters. The van der Waals surface area contributed by atoms with E-state index in [-0.39, 0.29) is 21.8 Å². The number of aromatic nitrogens is 1. The molecule has 0 saturated carbocycles. The minimum Gasteiger partial charge on any atom is -0.496 e. The number of rotatable bonds is 3. The average molecular weight is 303 g/mol. The van der Waals surface area contributed by atoms with E-state index in [0.717, 1.165) is 6.20 Å². The molecular weight excluding hydrogens is 295 g/mol. The molecule has 0 saturated heterocycles. The van der Waals surface area contributed by atoms with E-state index in [0.29, 0.717) is 11.3 Å². The standard InChI is InChI=1S/C12H8F3NO3S/c1-19-8-3-2-6(10(17)18)4-7(8)9-5-16-11(20-9)12(13,14)15/h2-5H,1H3,(H,17,18). The molecular formula is C12H8F3NO3S. The van der Waals surface area contributed by atoms with E-state index in [1.54, 1.807) is 0 Å². The van der Waals surface area contributed by atoms with Crippen LogP contribution in [0.3, 0.4) is 0 Å². The molecule has 0 aliphatic carbocycles. The van der Waals surface area contributed by atoms with Crippen LogP contribution in [0.2, 0.25) is 0 Å². The Hall–Kier alpha value is -2.09. The highest BCUT2D eigenvalue weighted by molar-refractivity contribution is 7.15. The third-order valence-corrected chi connectivity index (χ3v) is 3.54. The number of aromatic carboxylic acids is 1. The lowest BCUT2D eigenvalue weighted by molar-refractivity contribution is -0.137.